The number of hydrazine groups is 1. The van der Waals surface area contributed by atoms with E-state index in [9.17, 15) is 0 Å². The highest BCUT2D eigenvalue weighted by Crippen LogP contribution is 2.23. The second-order valence-electron chi connectivity index (χ2n) is 4.58. The first-order valence-electron chi connectivity index (χ1n) is 7.00. The van der Waals surface area contributed by atoms with E-state index in [1.165, 1.54) is 0 Å². The zero-order chi connectivity index (χ0) is 14.4. The molecule has 5 nitrogen and oxygen atoms in total. The van der Waals surface area contributed by atoms with Crippen LogP contribution in [0.3, 0.4) is 0 Å². The fraction of sp³-hybridized carbons (Fsp3) is 0.400. The van der Waals surface area contributed by atoms with Gasteiger partial charge in [-0.2, -0.15) is 5.10 Å². The van der Waals surface area contributed by atoms with Crippen LogP contribution in [0.25, 0.3) is 0 Å². The van der Waals surface area contributed by atoms with Crippen LogP contribution >= 0.6 is 0 Å². The van der Waals surface area contributed by atoms with Crippen LogP contribution in [0.1, 0.15) is 37.6 Å². The first-order valence-corrected chi connectivity index (χ1v) is 7.00. The van der Waals surface area contributed by atoms with Crippen molar-refractivity contribution in [3.63, 3.8) is 0 Å². The molecule has 1 aromatic heterocycles. The zero-order valence-corrected chi connectivity index (χ0v) is 12.0. The summed E-state index contributed by atoms with van der Waals surface area (Å²) in [6.07, 6.45) is 2.85. The van der Waals surface area contributed by atoms with E-state index in [1.807, 2.05) is 48.1 Å². The van der Waals surface area contributed by atoms with E-state index in [4.69, 9.17) is 10.6 Å². The topological polar surface area (TPSA) is 65.1 Å². The highest BCUT2D eigenvalue weighted by atomic mass is 16.5. The highest BCUT2D eigenvalue weighted by molar-refractivity contribution is 5.33. The summed E-state index contributed by atoms with van der Waals surface area (Å²) in [5, 5.41) is 4.34. The predicted octanol–water partition coefficient (Wildman–Crippen LogP) is 2.24. The summed E-state index contributed by atoms with van der Waals surface area (Å²) >= 11 is 0. The highest BCUT2D eigenvalue weighted by Gasteiger charge is 2.16. The number of ether oxygens (including phenoxy) is 1. The Morgan fingerprint density at radius 1 is 1.25 bits per heavy atom. The van der Waals surface area contributed by atoms with Crippen LogP contribution < -0.4 is 16.0 Å². The molecule has 1 heterocycles. The maximum Gasteiger partial charge on any atom is 0.119 e. The molecule has 0 aliphatic heterocycles. The molecule has 0 bridgehead atoms. The second-order valence-corrected chi connectivity index (χ2v) is 4.58. The third kappa shape index (κ3) is 3.18. The lowest BCUT2D eigenvalue weighted by atomic mass is 10.0. The Kier molecular flexibility index (Phi) is 5.15. The molecule has 0 fully saturated rings. The van der Waals surface area contributed by atoms with Crippen LogP contribution in [0.2, 0.25) is 0 Å². The van der Waals surface area contributed by atoms with E-state index in [0.29, 0.717) is 6.61 Å². The fourth-order valence-corrected chi connectivity index (χ4v) is 2.26. The lowest BCUT2D eigenvalue weighted by Gasteiger charge is -2.18. The van der Waals surface area contributed by atoms with E-state index < -0.39 is 0 Å². The van der Waals surface area contributed by atoms with Gasteiger partial charge in [-0.25, -0.2) is 5.43 Å². The fourth-order valence-electron chi connectivity index (χ4n) is 2.26. The van der Waals surface area contributed by atoms with Crippen molar-refractivity contribution in [2.24, 2.45) is 5.84 Å². The van der Waals surface area contributed by atoms with Crippen LogP contribution in [0, 0.1) is 0 Å². The maximum atomic E-state index is 5.74. The van der Waals surface area contributed by atoms with Gasteiger partial charge in [0.2, 0.25) is 0 Å². The molecule has 0 amide bonds. The minimum Gasteiger partial charge on any atom is -0.494 e. The van der Waals surface area contributed by atoms with Crippen LogP contribution in [0.5, 0.6) is 5.75 Å². The van der Waals surface area contributed by atoms with E-state index in [1.54, 1.807) is 0 Å². The van der Waals surface area contributed by atoms with Crippen molar-refractivity contribution in [3.8, 4) is 5.75 Å². The number of nitrogens with one attached hydrogen (secondary N) is 1. The number of nitrogens with two attached hydrogens (primary N) is 1. The summed E-state index contributed by atoms with van der Waals surface area (Å²) < 4.78 is 7.45. The van der Waals surface area contributed by atoms with Gasteiger partial charge >= 0.3 is 0 Å². The van der Waals surface area contributed by atoms with Gasteiger partial charge in [0.25, 0.3) is 0 Å². The molecule has 3 N–H and O–H groups in total. The van der Waals surface area contributed by atoms with E-state index in [-0.39, 0.29) is 6.04 Å². The standard InChI is InChI=1S/C15H22N4O/c1-3-11-19-14(9-10-17-19)15(18-16)12-5-7-13(8-6-12)20-4-2/h5-10,15,18H,3-4,11,16H2,1-2H3. The first-order chi connectivity index (χ1) is 9.80. The SMILES string of the molecule is CCCn1nccc1C(NN)c1ccc(OCC)cc1. The van der Waals surface area contributed by atoms with Crippen LogP contribution in [0.4, 0.5) is 0 Å². The molecule has 20 heavy (non-hydrogen) atoms. The number of nitrogens with zero attached hydrogens (tertiary/aromatic N) is 2. The minimum absolute atomic E-state index is 0.0697. The van der Waals surface area contributed by atoms with E-state index in [0.717, 1.165) is 30.0 Å². The Labute approximate surface area is 119 Å². The molecule has 2 aromatic rings. The molecule has 1 unspecified atom stereocenters. The number of aromatic nitrogens is 2. The quantitative estimate of drug-likeness (QED) is 0.600. The van der Waals surface area contributed by atoms with Gasteiger partial charge in [-0.1, -0.05) is 19.1 Å². The van der Waals surface area contributed by atoms with Crippen molar-refractivity contribution >= 4 is 0 Å². The van der Waals surface area contributed by atoms with Crippen molar-refractivity contribution in [2.45, 2.75) is 32.9 Å². The smallest absolute Gasteiger partial charge is 0.119 e. The van der Waals surface area contributed by atoms with Gasteiger partial charge in [-0.05, 0) is 37.1 Å². The summed E-state index contributed by atoms with van der Waals surface area (Å²) in [4.78, 5) is 0. The van der Waals surface area contributed by atoms with Gasteiger partial charge in [0.05, 0.1) is 18.3 Å². The van der Waals surface area contributed by atoms with Gasteiger partial charge in [-0.3, -0.25) is 10.5 Å². The molecule has 0 saturated carbocycles. The molecule has 0 spiro atoms. The van der Waals surface area contributed by atoms with Crippen LogP contribution in [-0.2, 0) is 6.54 Å². The molecule has 0 aliphatic rings. The Morgan fingerprint density at radius 2 is 2.00 bits per heavy atom. The van der Waals surface area contributed by atoms with E-state index >= 15 is 0 Å². The molecule has 1 aromatic carbocycles. The Bertz CT molecular complexity index is 521. The second kappa shape index (κ2) is 7.07. The van der Waals surface area contributed by atoms with Crippen molar-refractivity contribution in [1.82, 2.24) is 15.2 Å². The molecular formula is C15H22N4O. The summed E-state index contributed by atoms with van der Waals surface area (Å²) in [5.41, 5.74) is 5.03. The summed E-state index contributed by atoms with van der Waals surface area (Å²) in [5.74, 6) is 6.60. The lowest BCUT2D eigenvalue weighted by Crippen LogP contribution is -2.30. The molecule has 0 radical (unpaired) electrons. The van der Waals surface area contributed by atoms with Gasteiger partial charge in [0.1, 0.15) is 5.75 Å². The molecule has 2 rings (SSSR count). The monoisotopic (exact) mass is 274 g/mol. The van der Waals surface area contributed by atoms with Crippen LogP contribution in [-0.4, -0.2) is 16.4 Å². The van der Waals surface area contributed by atoms with E-state index in [2.05, 4.69) is 17.4 Å². The summed E-state index contributed by atoms with van der Waals surface area (Å²) in [6, 6.07) is 9.90. The first kappa shape index (κ1) is 14.6. The molecule has 0 aliphatic carbocycles. The van der Waals surface area contributed by atoms with Gasteiger partial charge in [0, 0.05) is 12.7 Å². The third-order valence-electron chi connectivity index (χ3n) is 3.17. The Morgan fingerprint density at radius 3 is 2.60 bits per heavy atom. The normalized spacial score (nSPS) is 12.3. The largest absolute Gasteiger partial charge is 0.494 e. The molecule has 1 atom stereocenters. The number of hydrogen-bond donors (Lipinski definition) is 2. The van der Waals surface area contributed by atoms with Crippen molar-refractivity contribution in [2.75, 3.05) is 6.61 Å². The predicted molar refractivity (Wildman–Crippen MR) is 79.3 cm³/mol. The van der Waals surface area contributed by atoms with Gasteiger partial charge < -0.3 is 4.74 Å². The average molecular weight is 274 g/mol. The summed E-state index contributed by atoms with van der Waals surface area (Å²) in [7, 11) is 0. The number of rotatable bonds is 7. The lowest BCUT2D eigenvalue weighted by molar-refractivity contribution is 0.340. The average Bonchev–Trinajstić information content (AvgIpc) is 2.91. The van der Waals surface area contributed by atoms with Gasteiger partial charge in [0.15, 0.2) is 0 Å². The van der Waals surface area contributed by atoms with Gasteiger partial charge in [-0.15, -0.1) is 0 Å². The molecule has 5 heteroatoms. The number of benzene rings is 1. The van der Waals surface area contributed by atoms with Crippen molar-refractivity contribution in [1.29, 1.82) is 0 Å². The molecule has 0 saturated heterocycles. The minimum atomic E-state index is -0.0697. The zero-order valence-electron chi connectivity index (χ0n) is 12.0. The third-order valence-corrected chi connectivity index (χ3v) is 3.17. The molecular weight excluding hydrogens is 252 g/mol. The van der Waals surface area contributed by atoms with Crippen molar-refractivity contribution in [3.05, 3.63) is 47.8 Å². The maximum absolute atomic E-state index is 5.74. The Hall–Kier alpha value is -1.85. The summed E-state index contributed by atoms with van der Waals surface area (Å²) in [6.45, 7) is 5.66. The number of hydrogen-bond acceptors (Lipinski definition) is 4. The number of aryl methyl sites for hydroxylation is 1. The molecule has 108 valence electrons. The Balaban J connectivity index is 2.24. The van der Waals surface area contributed by atoms with Crippen molar-refractivity contribution < 1.29 is 4.74 Å². The van der Waals surface area contributed by atoms with Crippen LogP contribution in [0.15, 0.2) is 36.5 Å².